The zero-order valence-electron chi connectivity index (χ0n) is 10.7. The molecule has 0 aromatic heterocycles. The van der Waals surface area contributed by atoms with E-state index in [4.69, 9.17) is 15.7 Å². The molecule has 0 unspecified atom stereocenters. The highest BCUT2D eigenvalue weighted by Gasteiger charge is 2.35. The minimum absolute atomic E-state index is 0.0732. The van der Waals surface area contributed by atoms with Gasteiger partial charge in [-0.3, -0.25) is 14.8 Å². The van der Waals surface area contributed by atoms with Crippen LogP contribution in [0.1, 0.15) is 39.1 Å². The van der Waals surface area contributed by atoms with E-state index in [1.807, 2.05) is 0 Å². The van der Waals surface area contributed by atoms with E-state index < -0.39 is 17.5 Å². The molecule has 0 radical (unpaired) electrons. The first kappa shape index (κ1) is 14.4. The predicted molar refractivity (Wildman–Crippen MR) is 67.1 cm³/mol. The lowest BCUT2D eigenvalue weighted by Crippen LogP contribution is -2.31. The number of amides is 2. The molecule has 0 atom stereocenters. The van der Waals surface area contributed by atoms with E-state index in [0.717, 1.165) is 0 Å². The number of halogens is 1. The maximum absolute atomic E-state index is 14.8. The molecule has 1 aliphatic heterocycles. The summed E-state index contributed by atoms with van der Waals surface area (Å²) in [6.45, 7) is 0.575. The molecule has 20 heavy (non-hydrogen) atoms. The molecule has 6 nitrogen and oxygen atoms in total. The zero-order chi connectivity index (χ0) is 14.8. The number of primary amides is 1. The summed E-state index contributed by atoms with van der Waals surface area (Å²) in [5.74, 6) is -1.73. The summed E-state index contributed by atoms with van der Waals surface area (Å²) >= 11 is 0. The fraction of sp³-hybridized carbons (Fsp3) is 0.385. The number of alkyl halides is 1. The Labute approximate surface area is 114 Å². The molecule has 2 amide bonds. The standard InChI is InChI=1S/C13H15FN2O4/c14-13(3-5-20-6-4-13)8-1-2-9(11(15)17)10(7-8)12(18)16-19/h1-2,7,19H,3-6H2,(H2,15,17)(H,16,18). The number of carbonyl (C=O) groups is 2. The van der Waals surface area contributed by atoms with Crippen molar-refractivity contribution < 1.29 is 23.9 Å². The second-order valence-corrected chi connectivity index (χ2v) is 4.64. The Morgan fingerprint density at radius 2 is 1.95 bits per heavy atom. The molecule has 1 saturated heterocycles. The van der Waals surface area contributed by atoms with Gasteiger partial charge in [-0.2, -0.15) is 0 Å². The van der Waals surface area contributed by atoms with Crippen molar-refractivity contribution in [2.45, 2.75) is 18.5 Å². The fourth-order valence-corrected chi connectivity index (χ4v) is 2.27. The Bertz CT molecular complexity index is 541. The van der Waals surface area contributed by atoms with Crippen LogP contribution in [0.5, 0.6) is 0 Å². The second kappa shape index (κ2) is 5.56. The molecular weight excluding hydrogens is 267 g/mol. The van der Waals surface area contributed by atoms with Gasteiger partial charge < -0.3 is 10.5 Å². The molecule has 0 saturated carbocycles. The topological polar surface area (TPSA) is 102 Å². The summed E-state index contributed by atoms with van der Waals surface area (Å²) in [5, 5.41) is 8.69. The monoisotopic (exact) mass is 282 g/mol. The van der Waals surface area contributed by atoms with Crippen molar-refractivity contribution in [2.75, 3.05) is 13.2 Å². The van der Waals surface area contributed by atoms with Gasteiger partial charge in [0.1, 0.15) is 5.67 Å². The van der Waals surface area contributed by atoms with Crippen LogP contribution in [-0.4, -0.2) is 30.2 Å². The summed E-state index contributed by atoms with van der Waals surface area (Å²) in [5.41, 5.74) is 5.01. The van der Waals surface area contributed by atoms with Crippen molar-refractivity contribution in [3.63, 3.8) is 0 Å². The van der Waals surface area contributed by atoms with E-state index in [2.05, 4.69) is 0 Å². The molecule has 1 aliphatic rings. The Morgan fingerprint density at radius 3 is 2.50 bits per heavy atom. The van der Waals surface area contributed by atoms with Gasteiger partial charge in [0.2, 0.25) is 5.91 Å². The van der Waals surface area contributed by atoms with Crippen LogP contribution >= 0.6 is 0 Å². The summed E-state index contributed by atoms with van der Waals surface area (Å²) in [6, 6.07) is 3.97. The summed E-state index contributed by atoms with van der Waals surface area (Å²) in [4.78, 5) is 22.8. The highest BCUT2D eigenvalue weighted by Crippen LogP contribution is 2.37. The van der Waals surface area contributed by atoms with Crippen LogP contribution in [0.2, 0.25) is 0 Å². The number of hydroxylamine groups is 1. The van der Waals surface area contributed by atoms with Gasteiger partial charge in [0.05, 0.1) is 11.1 Å². The van der Waals surface area contributed by atoms with Crippen LogP contribution in [-0.2, 0) is 10.4 Å². The van der Waals surface area contributed by atoms with E-state index in [0.29, 0.717) is 0 Å². The lowest BCUT2D eigenvalue weighted by atomic mass is 9.86. The smallest absolute Gasteiger partial charge is 0.275 e. The number of nitrogens with one attached hydrogen (secondary N) is 1. The van der Waals surface area contributed by atoms with Crippen LogP contribution in [0.3, 0.4) is 0 Å². The van der Waals surface area contributed by atoms with E-state index in [9.17, 15) is 14.0 Å². The van der Waals surface area contributed by atoms with E-state index >= 15 is 0 Å². The van der Waals surface area contributed by atoms with Crippen molar-refractivity contribution in [2.24, 2.45) is 5.73 Å². The van der Waals surface area contributed by atoms with Gasteiger partial charge in [-0.25, -0.2) is 9.87 Å². The molecule has 1 fully saturated rings. The Kier molecular flexibility index (Phi) is 4.01. The second-order valence-electron chi connectivity index (χ2n) is 4.64. The first-order valence-electron chi connectivity index (χ1n) is 6.13. The van der Waals surface area contributed by atoms with Gasteiger partial charge in [0, 0.05) is 26.1 Å². The van der Waals surface area contributed by atoms with Crippen molar-refractivity contribution in [3.8, 4) is 0 Å². The zero-order valence-corrected chi connectivity index (χ0v) is 10.7. The third-order valence-corrected chi connectivity index (χ3v) is 3.43. The Hall–Kier alpha value is -1.99. The largest absolute Gasteiger partial charge is 0.381 e. The van der Waals surface area contributed by atoms with Crippen molar-refractivity contribution in [1.82, 2.24) is 5.48 Å². The average Bonchev–Trinajstić information content (AvgIpc) is 2.46. The lowest BCUT2D eigenvalue weighted by Gasteiger charge is -2.30. The summed E-state index contributed by atoms with van der Waals surface area (Å²) < 4.78 is 19.9. The van der Waals surface area contributed by atoms with E-state index in [-0.39, 0.29) is 42.7 Å². The molecule has 4 N–H and O–H groups in total. The molecule has 108 valence electrons. The average molecular weight is 282 g/mol. The number of hydrogen-bond donors (Lipinski definition) is 3. The van der Waals surface area contributed by atoms with E-state index in [1.54, 1.807) is 0 Å². The normalized spacial score (nSPS) is 17.5. The van der Waals surface area contributed by atoms with Crippen molar-refractivity contribution in [1.29, 1.82) is 0 Å². The first-order chi connectivity index (χ1) is 9.48. The van der Waals surface area contributed by atoms with Gasteiger partial charge in [-0.15, -0.1) is 0 Å². The summed E-state index contributed by atoms with van der Waals surface area (Å²) in [6.07, 6.45) is 0.339. The first-order valence-corrected chi connectivity index (χ1v) is 6.13. The molecule has 0 bridgehead atoms. The van der Waals surface area contributed by atoms with Gasteiger partial charge in [-0.1, -0.05) is 6.07 Å². The van der Waals surface area contributed by atoms with Crippen LogP contribution in [0.15, 0.2) is 18.2 Å². The molecule has 0 spiro atoms. The number of nitrogens with two attached hydrogens (primary N) is 1. The number of benzene rings is 1. The van der Waals surface area contributed by atoms with Crippen molar-refractivity contribution in [3.05, 3.63) is 34.9 Å². The van der Waals surface area contributed by atoms with Crippen LogP contribution < -0.4 is 11.2 Å². The van der Waals surface area contributed by atoms with Crippen LogP contribution in [0, 0.1) is 0 Å². The van der Waals surface area contributed by atoms with Gasteiger partial charge in [0.15, 0.2) is 0 Å². The lowest BCUT2D eigenvalue weighted by molar-refractivity contribution is -0.0115. The van der Waals surface area contributed by atoms with Gasteiger partial charge >= 0.3 is 0 Å². The minimum atomic E-state index is -1.61. The number of ether oxygens (including phenoxy) is 1. The van der Waals surface area contributed by atoms with E-state index in [1.165, 1.54) is 23.7 Å². The maximum Gasteiger partial charge on any atom is 0.275 e. The predicted octanol–water partition coefficient (Wildman–Crippen LogP) is 0.880. The molecule has 1 aromatic carbocycles. The maximum atomic E-state index is 14.8. The quantitative estimate of drug-likeness (QED) is 0.565. The SMILES string of the molecule is NC(=O)c1ccc(C2(F)CCOCC2)cc1C(=O)NO. The highest BCUT2D eigenvalue weighted by molar-refractivity contribution is 6.06. The molecule has 7 heteroatoms. The minimum Gasteiger partial charge on any atom is -0.381 e. The number of hydrogen-bond acceptors (Lipinski definition) is 4. The fourth-order valence-electron chi connectivity index (χ4n) is 2.27. The number of carbonyl (C=O) groups excluding carboxylic acids is 2. The van der Waals surface area contributed by atoms with Gasteiger partial charge in [-0.05, 0) is 17.7 Å². The van der Waals surface area contributed by atoms with Gasteiger partial charge in [0.25, 0.3) is 5.91 Å². The molecular formula is C13H15FN2O4. The molecule has 2 rings (SSSR count). The number of rotatable bonds is 3. The Morgan fingerprint density at radius 1 is 1.30 bits per heavy atom. The third kappa shape index (κ3) is 2.63. The molecule has 1 aromatic rings. The molecule has 0 aliphatic carbocycles. The van der Waals surface area contributed by atoms with Crippen LogP contribution in [0.4, 0.5) is 4.39 Å². The summed E-state index contributed by atoms with van der Waals surface area (Å²) in [7, 11) is 0. The van der Waals surface area contributed by atoms with Crippen molar-refractivity contribution >= 4 is 11.8 Å². The van der Waals surface area contributed by atoms with Crippen LogP contribution in [0.25, 0.3) is 0 Å². The molecule has 1 heterocycles. The highest BCUT2D eigenvalue weighted by atomic mass is 19.1. The Balaban J connectivity index is 2.46. The third-order valence-electron chi connectivity index (χ3n) is 3.43.